The van der Waals surface area contributed by atoms with Crippen LogP contribution in [0.15, 0.2) is 24.3 Å². The number of Topliss-reactive ketones (excluding diaryl/α,β-unsaturated/α-hetero) is 1. The Bertz CT molecular complexity index is 744. The summed E-state index contributed by atoms with van der Waals surface area (Å²) in [6, 6.07) is 2.83. The minimum Gasteiger partial charge on any atom is -0.299 e. The van der Waals surface area contributed by atoms with Crippen molar-refractivity contribution < 1.29 is 4.79 Å². The van der Waals surface area contributed by atoms with Crippen LogP contribution in [0.25, 0.3) is 0 Å². The van der Waals surface area contributed by atoms with Gasteiger partial charge in [-0.3, -0.25) is 4.79 Å². The number of nitrogens with zero attached hydrogens (tertiary/aromatic N) is 1. The molecule has 0 aromatic heterocycles. The van der Waals surface area contributed by atoms with E-state index < -0.39 is 0 Å². The molecule has 9 atom stereocenters. The van der Waals surface area contributed by atoms with Crippen molar-refractivity contribution in [1.29, 1.82) is 5.26 Å². The first-order valence-corrected chi connectivity index (χ1v) is 10.8. The lowest BCUT2D eigenvalue weighted by atomic mass is 9.45. The maximum Gasteiger partial charge on any atom is 0.136 e. The Morgan fingerprint density at radius 3 is 2.88 bits per heavy atom. The molecule has 4 fully saturated rings. The first-order valence-electron chi connectivity index (χ1n) is 10.8. The molecule has 0 aliphatic heterocycles. The summed E-state index contributed by atoms with van der Waals surface area (Å²) in [6.45, 7) is 8.81. The molecule has 0 N–H and O–H groups in total. The molecule has 0 aromatic rings. The number of carbonyl (C=O) groups is 1. The van der Waals surface area contributed by atoms with E-state index in [2.05, 4.69) is 38.6 Å². The van der Waals surface area contributed by atoms with Crippen LogP contribution >= 0.6 is 0 Å². The molecule has 0 aromatic carbocycles. The molecule has 4 saturated carbocycles. The van der Waals surface area contributed by atoms with E-state index in [0.29, 0.717) is 47.7 Å². The van der Waals surface area contributed by atoms with Gasteiger partial charge in [-0.25, -0.2) is 0 Å². The SMILES string of the molecule is C=C[C@H]1C=C2CC(=O)CC[C@@H]2[C@H]2CC[C@@]3(CC)[C@@H]([C@@H]4C[C@@H]4[C@]3(C)C#N)[C@H]12. The van der Waals surface area contributed by atoms with E-state index in [-0.39, 0.29) is 10.8 Å². The number of nitriles is 1. The third kappa shape index (κ3) is 1.81. The van der Waals surface area contributed by atoms with Gasteiger partial charge in [-0.15, -0.1) is 6.58 Å². The quantitative estimate of drug-likeness (QED) is 0.633. The van der Waals surface area contributed by atoms with Crippen LogP contribution in [0.2, 0.25) is 0 Å². The number of hydrogen-bond donors (Lipinski definition) is 0. The monoisotopic (exact) mass is 349 g/mol. The molecule has 0 unspecified atom stereocenters. The predicted molar refractivity (Wildman–Crippen MR) is 102 cm³/mol. The minimum atomic E-state index is -0.139. The molecule has 0 amide bonds. The lowest BCUT2D eigenvalue weighted by Gasteiger charge is -2.58. The summed E-state index contributed by atoms with van der Waals surface area (Å²) < 4.78 is 0. The van der Waals surface area contributed by atoms with Crippen molar-refractivity contribution in [2.75, 3.05) is 0 Å². The van der Waals surface area contributed by atoms with Crippen LogP contribution in [0.1, 0.15) is 58.8 Å². The number of fused-ring (bicyclic) bond motifs is 7. The molecule has 5 aliphatic carbocycles. The first kappa shape index (κ1) is 16.8. The van der Waals surface area contributed by atoms with E-state index in [1.165, 1.54) is 24.8 Å². The second-order valence-corrected chi connectivity index (χ2v) is 10.1. The van der Waals surface area contributed by atoms with E-state index in [4.69, 9.17) is 0 Å². The normalized spacial score (nSPS) is 54.1. The Hall–Kier alpha value is -1.36. The molecule has 0 radical (unpaired) electrons. The average molecular weight is 350 g/mol. The van der Waals surface area contributed by atoms with Gasteiger partial charge in [0.1, 0.15) is 5.78 Å². The van der Waals surface area contributed by atoms with Crippen molar-refractivity contribution >= 4 is 5.78 Å². The molecule has 5 rings (SSSR count). The van der Waals surface area contributed by atoms with Crippen molar-refractivity contribution in [1.82, 2.24) is 0 Å². The summed E-state index contributed by atoms with van der Waals surface area (Å²) in [5.41, 5.74) is 1.48. The highest BCUT2D eigenvalue weighted by Gasteiger charge is 2.76. The summed E-state index contributed by atoms with van der Waals surface area (Å²) in [4.78, 5) is 12.0. The highest BCUT2D eigenvalue weighted by Crippen LogP contribution is 2.80. The molecule has 26 heavy (non-hydrogen) atoms. The molecule has 0 saturated heterocycles. The van der Waals surface area contributed by atoms with Crippen molar-refractivity contribution in [3.63, 3.8) is 0 Å². The number of carbonyl (C=O) groups excluding carboxylic acids is 1. The fourth-order valence-electron chi connectivity index (χ4n) is 8.54. The van der Waals surface area contributed by atoms with E-state index >= 15 is 0 Å². The van der Waals surface area contributed by atoms with Crippen LogP contribution in [0, 0.1) is 63.6 Å². The predicted octanol–water partition coefficient (Wildman–Crippen LogP) is 5.32. The molecule has 2 heteroatoms. The van der Waals surface area contributed by atoms with Gasteiger partial charge < -0.3 is 0 Å². The van der Waals surface area contributed by atoms with Gasteiger partial charge in [0.2, 0.25) is 0 Å². The highest BCUT2D eigenvalue weighted by molar-refractivity contribution is 5.82. The van der Waals surface area contributed by atoms with Crippen molar-refractivity contribution in [2.45, 2.75) is 58.8 Å². The van der Waals surface area contributed by atoms with Gasteiger partial charge in [-0.05, 0) is 85.9 Å². The zero-order valence-corrected chi connectivity index (χ0v) is 16.2. The molecule has 2 nitrogen and oxygen atoms in total. The standard InChI is InChI=1S/C24H31NO/c1-4-14-10-15-11-16(26)6-7-17(15)18-8-9-24(5-2)22(21(14)18)19-12-20(19)23(24,3)13-25/h4,10,14,17-22H,1,5-9,11-12H2,2-3H3/t14-,17-,18+,19+,20-,21+,22-,23-,24-/m0/s1. The fourth-order valence-corrected chi connectivity index (χ4v) is 8.54. The summed E-state index contributed by atoms with van der Waals surface area (Å²) in [7, 11) is 0. The Morgan fingerprint density at radius 2 is 2.19 bits per heavy atom. The molecular weight excluding hydrogens is 318 g/mol. The third-order valence-electron chi connectivity index (χ3n) is 9.66. The van der Waals surface area contributed by atoms with Gasteiger partial charge in [-0.1, -0.05) is 24.6 Å². The molecule has 0 heterocycles. The van der Waals surface area contributed by atoms with Crippen molar-refractivity contribution in [3.8, 4) is 6.07 Å². The van der Waals surface area contributed by atoms with Crippen LogP contribution in [-0.2, 0) is 4.79 Å². The van der Waals surface area contributed by atoms with Gasteiger partial charge in [0, 0.05) is 12.8 Å². The maximum absolute atomic E-state index is 12.0. The van der Waals surface area contributed by atoms with Gasteiger partial charge >= 0.3 is 0 Å². The topological polar surface area (TPSA) is 40.9 Å². The average Bonchev–Trinajstić information content (AvgIpc) is 3.42. The Morgan fingerprint density at radius 1 is 1.38 bits per heavy atom. The second kappa shape index (κ2) is 5.34. The maximum atomic E-state index is 12.0. The Labute approximate surface area is 157 Å². The van der Waals surface area contributed by atoms with Crippen LogP contribution in [0.4, 0.5) is 0 Å². The molecule has 0 spiro atoms. The van der Waals surface area contributed by atoms with E-state index in [1.54, 1.807) is 0 Å². The summed E-state index contributed by atoms with van der Waals surface area (Å²) in [5.74, 6) is 4.86. The molecule has 0 bridgehead atoms. The van der Waals surface area contributed by atoms with Gasteiger partial charge in [0.15, 0.2) is 0 Å². The van der Waals surface area contributed by atoms with Gasteiger partial charge in [0.25, 0.3) is 0 Å². The third-order valence-corrected chi connectivity index (χ3v) is 9.66. The van der Waals surface area contributed by atoms with Crippen LogP contribution < -0.4 is 0 Å². The van der Waals surface area contributed by atoms with E-state index in [0.717, 1.165) is 25.2 Å². The zero-order valence-electron chi connectivity index (χ0n) is 16.2. The smallest absolute Gasteiger partial charge is 0.136 e. The zero-order chi connectivity index (χ0) is 18.3. The van der Waals surface area contributed by atoms with Crippen LogP contribution in [0.3, 0.4) is 0 Å². The number of allylic oxidation sites excluding steroid dienone is 3. The van der Waals surface area contributed by atoms with Crippen LogP contribution in [0.5, 0.6) is 0 Å². The summed E-state index contributed by atoms with van der Waals surface area (Å²) >= 11 is 0. The summed E-state index contributed by atoms with van der Waals surface area (Å²) in [5, 5.41) is 10.2. The van der Waals surface area contributed by atoms with Gasteiger partial charge in [0.05, 0.1) is 11.5 Å². The minimum absolute atomic E-state index is 0.139. The highest BCUT2D eigenvalue weighted by atomic mass is 16.1. The number of ketones is 1. The first-order chi connectivity index (χ1) is 12.5. The van der Waals surface area contributed by atoms with Crippen molar-refractivity contribution in [3.05, 3.63) is 24.3 Å². The largest absolute Gasteiger partial charge is 0.299 e. The lowest BCUT2D eigenvalue weighted by molar-refractivity contribution is -0.121. The Balaban J connectivity index is 1.60. The van der Waals surface area contributed by atoms with Gasteiger partial charge in [-0.2, -0.15) is 5.26 Å². The lowest BCUT2D eigenvalue weighted by Crippen LogP contribution is -2.53. The number of hydrogen-bond acceptors (Lipinski definition) is 2. The molecule has 138 valence electrons. The van der Waals surface area contributed by atoms with Crippen molar-refractivity contribution in [2.24, 2.45) is 52.3 Å². The Kier molecular flexibility index (Phi) is 3.45. The molecular formula is C24H31NO. The summed E-state index contributed by atoms with van der Waals surface area (Å²) in [6.07, 6.45) is 12.0. The second-order valence-electron chi connectivity index (χ2n) is 10.1. The van der Waals surface area contributed by atoms with Crippen LogP contribution in [-0.4, -0.2) is 5.78 Å². The number of rotatable bonds is 2. The van der Waals surface area contributed by atoms with E-state index in [9.17, 15) is 10.1 Å². The van der Waals surface area contributed by atoms with E-state index in [1.807, 2.05) is 0 Å². The fraction of sp³-hybridized carbons (Fsp3) is 0.750. The molecule has 5 aliphatic rings.